The number of hydrogen-bond donors (Lipinski definition) is 0. The number of hydrogen-bond acceptors (Lipinski definition) is 6. The summed E-state index contributed by atoms with van der Waals surface area (Å²) in [6.07, 6.45) is 0. The van der Waals surface area contributed by atoms with E-state index in [0.29, 0.717) is 0 Å². The van der Waals surface area contributed by atoms with Gasteiger partial charge in [0, 0.05) is 5.56 Å². The lowest BCUT2D eigenvalue weighted by molar-refractivity contribution is 0.376. The molecular weight excluding hydrogens is 492 g/mol. The van der Waals surface area contributed by atoms with Gasteiger partial charge in [0.2, 0.25) is 16.3 Å². The molecule has 2 aromatic carbocycles. The van der Waals surface area contributed by atoms with E-state index in [1.807, 2.05) is 6.07 Å². The Kier molecular flexibility index (Phi) is 5.49. The summed E-state index contributed by atoms with van der Waals surface area (Å²) in [6, 6.07) is 4.50. The van der Waals surface area contributed by atoms with Crippen molar-refractivity contribution in [3.05, 3.63) is 90.9 Å². The fraction of sp³-hybridized carbons (Fsp3) is 0. The van der Waals surface area contributed by atoms with Crippen molar-refractivity contribution in [1.29, 1.82) is 5.26 Å². The van der Waals surface area contributed by atoms with Crippen LogP contribution in [-0.2, 0) is 0 Å². The molecule has 33 heavy (non-hydrogen) atoms. The molecule has 1 aromatic heterocycles. The second kappa shape index (κ2) is 8.16. The molecule has 0 amide bonds. The van der Waals surface area contributed by atoms with Gasteiger partial charge in [0.25, 0.3) is 0 Å². The predicted octanol–water partition coefficient (Wildman–Crippen LogP) is 3.91. The van der Waals surface area contributed by atoms with Crippen molar-refractivity contribution in [1.82, 2.24) is 15.0 Å². The van der Waals surface area contributed by atoms with Crippen molar-refractivity contribution < 1.29 is 22.0 Å². The second-order valence-electron chi connectivity index (χ2n) is 6.12. The Morgan fingerprint density at radius 3 is 2.00 bits per heavy atom. The molecule has 0 fully saturated rings. The fourth-order valence-corrected chi connectivity index (χ4v) is 3.27. The van der Waals surface area contributed by atoms with Gasteiger partial charge in [-0.05, 0) is 35.3 Å². The van der Waals surface area contributed by atoms with Crippen LogP contribution in [0, 0.1) is 47.0 Å². The first-order valence-corrected chi connectivity index (χ1v) is 9.15. The van der Waals surface area contributed by atoms with Crippen molar-refractivity contribution >= 4 is 28.9 Å². The first kappa shape index (κ1) is 22.2. The summed E-state index contributed by atoms with van der Waals surface area (Å²) in [7, 11) is 0. The van der Waals surface area contributed by atoms with Gasteiger partial charge in [-0.1, -0.05) is 0 Å². The number of nitriles is 1. The van der Waals surface area contributed by atoms with Gasteiger partial charge >= 0.3 is 0 Å². The Morgan fingerprint density at radius 1 is 0.879 bits per heavy atom. The quantitative estimate of drug-likeness (QED) is 0.234. The molecule has 4 rings (SSSR count). The highest BCUT2D eigenvalue weighted by Crippen LogP contribution is 2.32. The van der Waals surface area contributed by atoms with Crippen LogP contribution in [0.3, 0.4) is 0 Å². The van der Waals surface area contributed by atoms with Gasteiger partial charge < -0.3 is 0 Å². The zero-order chi connectivity index (χ0) is 24.0. The van der Waals surface area contributed by atoms with E-state index in [-0.39, 0.29) is 38.2 Å². The maximum absolute atomic E-state index is 14.2. The molecule has 0 N–H and O–H groups in total. The largest absolute Gasteiger partial charge is 0.243 e. The minimum Gasteiger partial charge on any atom is -0.239 e. The third-order valence-corrected chi connectivity index (χ3v) is 4.64. The molecule has 0 saturated carbocycles. The van der Waals surface area contributed by atoms with Crippen LogP contribution in [0.25, 0.3) is 21.9 Å². The normalized spacial score (nSPS) is 13.5. The molecule has 0 aliphatic carbocycles. The van der Waals surface area contributed by atoms with Gasteiger partial charge in [-0.3, -0.25) is 0 Å². The van der Waals surface area contributed by atoms with Crippen LogP contribution in [0.15, 0.2) is 27.9 Å². The standard InChI is InChI=1S/C19H2Cl2F5N7/c1-28-15(8-9(22)11(24)13(26)12(25)10(8)23)17-29-7-3-2-5(6(4-27)14(7)30-17)16-31-18(20)33-19(21)32-16/h2-3H/b17-15+. The van der Waals surface area contributed by atoms with Crippen LogP contribution >= 0.6 is 23.2 Å². The number of fused-ring (bicyclic) bond motifs is 1. The Balaban J connectivity index is 2.02. The van der Waals surface area contributed by atoms with E-state index in [2.05, 4.69) is 29.8 Å². The first-order valence-electron chi connectivity index (χ1n) is 8.39. The van der Waals surface area contributed by atoms with Crippen LogP contribution in [0.2, 0.25) is 10.6 Å². The number of rotatable bonds is 2. The number of nitrogens with zero attached hydrogens (tertiary/aromatic N) is 7. The summed E-state index contributed by atoms with van der Waals surface area (Å²) in [6.45, 7) is 7.23. The van der Waals surface area contributed by atoms with Crippen LogP contribution < -0.4 is 10.7 Å². The van der Waals surface area contributed by atoms with Crippen LogP contribution in [0.1, 0.15) is 11.1 Å². The minimum absolute atomic E-state index is 0.0124. The zero-order valence-electron chi connectivity index (χ0n) is 15.4. The molecule has 2 heterocycles. The Morgan fingerprint density at radius 2 is 1.45 bits per heavy atom. The second-order valence-corrected chi connectivity index (χ2v) is 6.79. The average Bonchev–Trinajstić information content (AvgIpc) is 3.21. The molecule has 0 atom stereocenters. The highest BCUT2D eigenvalue weighted by atomic mass is 35.5. The molecule has 14 heteroatoms. The fourth-order valence-electron chi connectivity index (χ4n) is 2.91. The van der Waals surface area contributed by atoms with Gasteiger partial charge in [-0.25, -0.2) is 36.8 Å². The third kappa shape index (κ3) is 3.55. The smallest absolute Gasteiger partial charge is 0.239 e. The topological polar surface area (TPSA) is 91.5 Å². The van der Waals surface area contributed by atoms with E-state index >= 15 is 0 Å². The lowest BCUT2D eigenvalue weighted by Crippen LogP contribution is -2.25. The summed E-state index contributed by atoms with van der Waals surface area (Å²) in [5, 5.41) is 8.95. The summed E-state index contributed by atoms with van der Waals surface area (Å²) < 4.78 is 69.2. The molecule has 1 aliphatic heterocycles. The van der Waals surface area contributed by atoms with Gasteiger partial charge in [-0.2, -0.15) is 20.2 Å². The zero-order valence-corrected chi connectivity index (χ0v) is 16.9. The van der Waals surface area contributed by atoms with Gasteiger partial charge in [0.15, 0.2) is 40.7 Å². The molecule has 0 bridgehead atoms. The summed E-state index contributed by atoms with van der Waals surface area (Å²) in [5.41, 5.74) is -2.63. The van der Waals surface area contributed by atoms with E-state index in [1.54, 1.807) is 0 Å². The Hall–Kier alpha value is -4.00. The monoisotopic (exact) mass is 493 g/mol. The van der Waals surface area contributed by atoms with E-state index < -0.39 is 46.2 Å². The molecule has 0 radical (unpaired) electrons. The van der Waals surface area contributed by atoms with E-state index in [4.69, 9.17) is 29.8 Å². The van der Waals surface area contributed by atoms with E-state index in [0.717, 1.165) is 0 Å². The minimum atomic E-state index is -2.38. The van der Waals surface area contributed by atoms with Crippen molar-refractivity contribution in [3.63, 3.8) is 0 Å². The lowest BCUT2D eigenvalue weighted by atomic mass is 10.1. The molecule has 0 saturated heterocycles. The van der Waals surface area contributed by atoms with Crippen molar-refractivity contribution in [3.8, 4) is 17.5 Å². The lowest BCUT2D eigenvalue weighted by Gasteiger charge is -2.07. The molecule has 0 unspecified atom stereocenters. The van der Waals surface area contributed by atoms with Gasteiger partial charge in [0.1, 0.15) is 11.4 Å². The third-order valence-electron chi connectivity index (χ3n) is 4.30. The summed E-state index contributed by atoms with van der Waals surface area (Å²) >= 11 is 11.5. The van der Waals surface area contributed by atoms with Crippen LogP contribution in [-0.4, -0.2) is 15.0 Å². The number of benzene rings is 2. The first-order chi connectivity index (χ1) is 15.7. The highest BCUT2D eigenvalue weighted by Gasteiger charge is 2.30. The predicted molar refractivity (Wildman–Crippen MR) is 102 cm³/mol. The number of aromatic nitrogens is 3. The van der Waals surface area contributed by atoms with E-state index in [9.17, 15) is 27.2 Å². The van der Waals surface area contributed by atoms with Crippen molar-refractivity contribution in [2.45, 2.75) is 0 Å². The Bertz CT molecular complexity index is 1570. The molecule has 162 valence electrons. The molecule has 7 nitrogen and oxygen atoms in total. The Labute approximate surface area is 189 Å². The van der Waals surface area contributed by atoms with Gasteiger partial charge in [-0.15, -0.1) is 0 Å². The SMILES string of the molecule is [C-]#[N+]/C(=C1\N=c2ccc(-c3nc(Cl)nc(Cl)n3)c(C#N)c2=N1)c1c(F)c(F)c(F)c(F)c1F. The molecule has 0 spiro atoms. The van der Waals surface area contributed by atoms with Crippen molar-refractivity contribution in [2.24, 2.45) is 9.98 Å². The van der Waals surface area contributed by atoms with Crippen LogP contribution in [0.5, 0.6) is 0 Å². The average molecular weight is 494 g/mol. The van der Waals surface area contributed by atoms with Crippen LogP contribution in [0.4, 0.5) is 22.0 Å². The summed E-state index contributed by atoms with van der Waals surface area (Å²) in [4.78, 5) is 22.0. The maximum Gasteiger partial charge on any atom is 0.243 e. The highest BCUT2D eigenvalue weighted by molar-refractivity contribution is 6.31. The van der Waals surface area contributed by atoms with Gasteiger partial charge in [0.05, 0.1) is 23.1 Å². The molecule has 1 aliphatic rings. The molecular formula is C19H2Cl2F5N7. The summed E-state index contributed by atoms with van der Waals surface area (Å²) in [5.74, 6) is -12.0. The number of halogens is 7. The maximum atomic E-state index is 14.2. The van der Waals surface area contributed by atoms with Crippen molar-refractivity contribution in [2.75, 3.05) is 0 Å². The van der Waals surface area contributed by atoms with E-state index in [1.165, 1.54) is 12.1 Å². The molecule has 3 aromatic rings.